The Balaban J connectivity index is 2.00. The third-order valence-corrected chi connectivity index (χ3v) is 4.62. The van der Waals surface area contributed by atoms with Crippen LogP contribution in [-0.4, -0.2) is 48.4 Å². The molecule has 1 aromatic rings. The molecule has 0 spiro atoms. The van der Waals surface area contributed by atoms with Crippen molar-refractivity contribution < 1.29 is 9.18 Å². The molecule has 0 saturated carbocycles. The number of amides is 1. The fraction of sp³-hybridized carbons (Fsp3) is 0.562. The molecule has 0 aromatic heterocycles. The maximum Gasteiger partial charge on any atom is 0.256 e. The van der Waals surface area contributed by atoms with Crippen LogP contribution in [-0.2, 0) is 0 Å². The van der Waals surface area contributed by atoms with E-state index in [9.17, 15) is 9.18 Å². The number of halogens is 2. The van der Waals surface area contributed by atoms with Crippen molar-refractivity contribution in [1.29, 1.82) is 0 Å². The zero-order valence-corrected chi connectivity index (χ0v) is 14.2. The smallest absolute Gasteiger partial charge is 0.256 e. The number of rotatable bonds is 4. The van der Waals surface area contributed by atoms with E-state index >= 15 is 0 Å². The van der Waals surface area contributed by atoms with Crippen LogP contribution in [0.1, 0.15) is 36.5 Å². The molecule has 0 atom stereocenters. The average Bonchev–Trinajstić information content (AvgIpc) is 2.47. The van der Waals surface area contributed by atoms with Crippen LogP contribution in [0.3, 0.4) is 0 Å². The van der Waals surface area contributed by atoms with Gasteiger partial charge in [-0.05, 0) is 44.0 Å². The van der Waals surface area contributed by atoms with Crippen molar-refractivity contribution >= 4 is 21.8 Å². The lowest BCUT2D eigenvalue weighted by molar-refractivity contribution is 0.0638. The van der Waals surface area contributed by atoms with E-state index < -0.39 is 5.82 Å². The van der Waals surface area contributed by atoms with Gasteiger partial charge in [0.1, 0.15) is 5.82 Å². The van der Waals surface area contributed by atoms with Gasteiger partial charge in [0, 0.05) is 30.7 Å². The van der Waals surface area contributed by atoms with Gasteiger partial charge in [-0.1, -0.05) is 22.9 Å². The number of benzene rings is 1. The fourth-order valence-corrected chi connectivity index (χ4v) is 3.20. The molecular formula is C16H22BrFN2O. The Kier molecular flexibility index (Phi) is 5.76. The lowest BCUT2D eigenvalue weighted by atomic mass is 10.0. The average molecular weight is 357 g/mol. The Morgan fingerprint density at radius 2 is 2.10 bits per heavy atom. The highest BCUT2D eigenvalue weighted by molar-refractivity contribution is 9.10. The Labute approximate surface area is 134 Å². The molecule has 116 valence electrons. The van der Waals surface area contributed by atoms with Gasteiger partial charge in [-0.15, -0.1) is 0 Å². The standard InChI is InChI=1S/C16H22BrFN2O/c1-3-8-20-9-6-13(7-10-20)19(2)16(21)14-5-4-12(17)11-15(14)18/h4-5,11,13H,3,6-10H2,1-2H3. The number of hydrogen-bond donors (Lipinski definition) is 0. The summed E-state index contributed by atoms with van der Waals surface area (Å²) < 4.78 is 14.6. The zero-order chi connectivity index (χ0) is 15.4. The SMILES string of the molecule is CCCN1CCC(N(C)C(=O)c2ccc(Br)cc2F)CC1. The van der Waals surface area contributed by atoms with Crippen LogP contribution < -0.4 is 0 Å². The number of hydrogen-bond acceptors (Lipinski definition) is 2. The zero-order valence-electron chi connectivity index (χ0n) is 12.6. The number of carbonyl (C=O) groups excluding carboxylic acids is 1. The van der Waals surface area contributed by atoms with Gasteiger partial charge in [0.05, 0.1) is 5.56 Å². The second-order valence-corrected chi connectivity index (χ2v) is 6.53. The van der Waals surface area contributed by atoms with Crippen LogP contribution >= 0.6 is 15.9 Å². The molecule has 0 radical (unpaired) electrons. The summed E-state index contributed by atoms with van der Waals surface area (Å²) in [6.07, 6.45) is 3.07. The summed E-state index contributed by atoms with van der Waals surface area (Å²) >= 11 is 3.21. The summed E-state index contributed by atoms with van der Waals surface area (Å²) in [7, 11) is 1.78. The lowest BCUT2D eigenvalue weighted by Crippen LogP contribution is -2.45. The normalized spacial score (nSPS) is 17.0. The second kappa shape index (κ2) is 7.36. The fourth-order valence-electron chi connectivity index (χ4n) is 2.87. The monoisotopic (exact) mass is 356 g/mol. The minimum atomic E-state index is -0.468. The van der Waals surface area contributed by atoms with Crippen molar-refractivity contribution in [2.24, 2.45) is 0 Å². The van der Waals surface area contributed by atoms with E-state index in [1.807, 2.05) is 0 Å². The first-order valence-corrected chi connectivity index (χ1v) is 8.26. The summed E-state index contributed by atoms with van der Waals surface area (Å²) in [5.74, 6) is -0.696. The van der Waals surface area contributed by atoms with E-state index in [1.54, 1.807) is 24.1 Å². The third kappa shape index (κ3) is 4.04. The van der Waals surface area contributed by atoms with Crippen molar-refractivity contribution in [3.8, 4) is 0 Å². The molecule has 21 heavy (non-hydrogen) atoms. The first-order chi connectivity index (χ1) is 10.0. The van der Waals surface area contributed by atoms with Crippen molar-refractivity contribution in [1.82, 2.24) is 9.80 Å². The predicted octanol–water partition coefficient (Wildman–Crippen LogP) is 3.53. The molecule has 3 nitrogen and oxygen atoms in total. The number of carbonyl (C=O) groups is 1. The van der Waals surface area contributed by atoms with E-state index in [4.69, 9.17) is 0 Å². The number of nitrogens with zero attached hydrogens (tertiary/aromatic N) is 2. The maximum absolute atomic E-state index is 13.9. The highest BCUT2D eigenvalue weighted by atomic mass is 79.9. The Morgan fingerprint density at radius 3 is 2.67 bits per heavy atom. The highest BCUT2D eigenvalue weighted by Gasteiger charge is 2.26. The summed E-state index contributed by atoms with van der Waals surface area (Å²) in [5, 5.41) is 0. The summed E-state index contributed by atoms with van der Waals surface area (Å²) in [5.41, 5.74) is 0.150. The van der Waals surface area contributed by atoms with Crippen molar-refractivity contribution in [3.63, 3.8) is 0 Å². The molecule has 0 aliphatic carbocycles. The first kappa shape index (κ1) is 16.4. The van der Waals surface area contributed by atoms with Gasteiger partial charge in [0.2, 0.25) is 0 Å². The third-order valence-electron chi connectivity index (χ3n) is 4.13. The Hall–Kier alpha value is -0.940. The second-order valence-electron chi connectivity index (χ2n) is 5.61. The first-order valence-electron chi connectivity index (χ1n) is 7.47. The number of piperidine rings is 1. The van der Waals surface area contributed by atoms with Gasteiger partial charge in [-0.3, -0.25) is 4.79 Å². The molecule has 5 heteroatoms. The van der Waals surface area contributed by atoms with Gasteiger partial charge in [0.25, 0.3) is 5.91 Å². The van der Waals surface area contributed by atoms with Crippen LogP contribution in [0.15, 0.2) is 22.7 Å². The van der Waals surface area contributed by atoms with Crippen molar-refractivity contribution in [2.45, 2.75) is 32.2 Å². The summed E-state index contributed by atoms with van der Waals surface area (Å²) in [4.78, 5) is 16.6. The van der Waals surface area contributed by atoms with Gasteiger partial charge < -0.3 is 9.80 Å². The molecule has 1 amide bonds. The molecule has 2 rings (SSSR count). The van der Waals surface area contributed by atoms with E-state index in [1.165, 1.54) is 6.07 Å². The molecule has 1 heterocycles. The quantitative estimate of drug-likeness (QED) is 0.823. The number of likely N-dealkylation sites (tertiary alicyclic amines) is 1. The topological polar surface area (TPSA) is 23.6 Å². The summed E-state index contributed by atoms with van der Waals surface area (Å²) in [6.45, 7) is 5.32. The van der Waals surface area contributed by atoms with Crippen molar-refractivity contribution in [2.75, 3.05) is 26.7 Å². The van der Waals surface area contributed by atoms with E-state index in [0.717, 1.165) is 38.9 Å². The highest BCUT2D eigenvalue weighted by Crippen LogP contribution is 2.21. The van der Waals surface area contributed by atoms with Gasteiger partial charge in [-0.2, -0.15) is 0 Å². The van der Waals surface area contributed by atoms with Crippen LogP contribution in [0.4, 0.5) is 4.39 Å². The molecule has 1 saturated heterocycles. The van der Waals surface area contributed by atoms with Crippen LogP contribution in [0.5, 0.6) is 0 Å². The van der Waals surface area contributed by atoms with Crippen LogP contribution in [0.25, 0.3) is 0 Å². The minimum Gasteiger partial charge on any atom is -0.339 e. The maximum atomic E-state index is 13.9. The van der Waals surface area contributed by atoms with E-state index in [-0.39, 0.29) is 17.5 Å². The molecule has 1 aromatic carbocycles. The van der Waals surface area contributed by atoms with Crippen LogP contribution in [0, 0.1) is 5.82 Å². The molecule has 1 aliphatic rings. The summed E-state index contributed by atoms with van der Waals surface area (Å²) in [6, 6.07) is 4.79. The van der Waals surface area contributed by atoms with Gasteiger partial charge in [-0.25, -0.2) is 4.39 Å². The van der Waals surface area contributed by atoms with Gasteiger partial charge >= 0.3 is 0 Å². The van der Waals surface area contributed by atoms with E-state index in [2.05, 4.69) is 27.8 Å². The lowest BCUT2D eigenvalue weighted by Gasteiger charge is -2.36. The van der Waals surface area contributed by atoms with Gasteiger partial charge in [0.15, 0.2) is 0 Å². The molecular weight excluding hydrogens is 335 g/mol. The molecule has 1 fully saturated rings. The van der Waals surface area contributed by atoms with Crippen LogP contribution in [0.2, 0.25) is 0 Å². The Morgan fingerprint density at radius 1 is 1.43 bits per heavy atom. The molecule has 0 unspecified atom stereocenters. The molecule has 0 bridgehead atoms. The molecule has 0 N–H and O–H groups in total. The van der Waals surface area contributed by atoms with E-state index in [0.29, 0.717) is 4.47 Å². The predicted molar refractivity (Wildman–Crippen MR) is 85.9 cm³/mol. The molecule has 1 aliphatic heterocycles. The largest absolute Gasteiger partial charge is 0.339 e. The minimum absolute atomic E-state index is 0.150. The Bertz CT molecular complexity index is 501. The van der Waals surface area contributed by atoms with Crippen molar-refractivity contribution in [3.05, 3.63) is 34.1 Å².